The summed E-state index contributed by atoms with van der Waals surface area (Å²) in [6.07, 6.45) is 1.77. The summed E-state index contributed by atoms with van der Waals surface area (Å²) in [5.74, 6) is -0.312. The number of rotatable bonds is 6. The number of nitrogens with zero attached hydrogens (tertiary/aromatic N) is 1. The van der Waals surface area contributed by atoms with Gasteiger partial charge in [-0.05, 0) is 12.1 Å². The topological polar surface area (TPSA) is 70.9 Å². The molecule has 128 valence electrons. The van der Waals surface area contributed by atoms with Crippen molar-refractivity contribution in [3.05, 3.63) is 35.9 Å². The Balaban J connectivity index is 1.83. The Morgan fingerprint density at radius 3 is 2.48 bits per heavy atom. The minimum atomic E-state index is -3.35. The van der Waals surface area contributed by atoms with E-state index >= 15 is 0 Å². The van der Waals surface area contributed by atoms with E-state index in [4.69, 9.17) is 0 Å². The molecule has 1 aliphatic rings. The van der Waals surface area contributed by atoms with Gasteiger partial charge in [0.15, 0.2) is 0 Å². The lowest BCUT2D eigenvalue weighted by Crippen LogP contribution is -3.10. The standard InChI is InChI=1S/C16H25N3O3S/c1-18-11-8-15(9-12-18)19(2)23(21,22)13-10-17-16(20)14-6-4-3-5-7-14/h3-7,15H,8-13H2,1-2H3,(H,17,20)/p+1. The summed E-state index contributed by atoms with van der Waals surface area (Å²) in [6.45, 7) is 2.11. The van der Waals surface area contributed by atoms with E-state index in [2.05, 4.69) is 12.4 Å². The van der Waals surface area contributed by atoms with E-state index in [9.17, 15) is 13.2 Å². The molecule has 23 heavy (non-hydrogen) atoms. The fourth-order valence-corrected chi connectivity index (χ4v) is 4.13. The Bertz CT molecular complexity index is 611. The van der Waals surface area contributed by atoms with Crippen molar-refractivity contribution in [3.63, 3.8) is 0 Å². The molecule has 0 aromatic heterocycles. The van der Waals surface area contributed by atoms with Crippen LogP contribution in [0.5, 0.6) is 0 Å². The second-order valence-electron chi connectivity index (χ2n) is 6.14. The largest absolute Gasteiger partial charge is 0.351 e. The van der Waals surface area contributed by atoms with E-state index in [1.165, 1.54) is 9.21 Å². The highest BCUT2D eigenvalue weighted by Crippen LogP contribution is 2.12. The van der Waals surface area contributed by atoms with E-state index in [-0.39, 0.29) is 24.2 Å². The Morgan fingerprint density at radius 1 is 1.26 bits per heavy atom. The Morgan fingerprint density at radius 2 is 1.87 bits per heavy atom. The van der Waals surface area contributed by atoms with Gasteiger partial charge in [0.1, 0.15) is 0 Å². The van der Waals surface area contributed by atoms with Crippen LogP contribution < -0.4 is 10.2 Å². The maximum atomic E-state index is 12.4. The highest BCUT2D eigenvalue weighted by atomic mass is 32.2. The van der Waals surface area contributed by atoms with Gasteiger partial charge in [0, 0.05) is 38.0 Å². The predicted molar refractivity (Wildman–Crippen MR) is 90.0 cm³/mol. The normalized spacial score (nSPS) is 22.0. The quantitative estimate of drug-likeness (QED) is 0.723. The predicted octanol–water partition coefficient (Wildman–Crippen LogP) is -0.645. The van der Waals surface area contributed by atoms with Crippen LogP contribution in [-0.4, -0.2) is 64.2 Å². The summed E-state index contributed by atoms with van der Waals surface area (Å²) in [5, 5.41) is 2.67. The number of carbonyl (C=O) groups is 1. The molecule has 1 aliphatic heterocycles. The van der Waals surface area contributed by atoms with Gasteiger partial charge >= 0.3 is 0 Å². The Kier molecular flexibility index (Phi) is 6.15. The van der Waals surface area contributed by atoms with E-state index in [1.807, 2.05) is 6.07 Å². The van der Waals surface area contributed by atoms with Crippen LogP contribution >= 0.6 is 0 Å². The van der Waals surface area contributed by atoms with Crippen molar-refractivity contribution in [2.45, 2.75) is 18.9 Å². The van der Waals surface area contributed by atoms with Crippen molar-refractivity contribution >= 4 is 15.9 Å². The number of piperidine rings is 1. The molecule has 0 spiro atoms. The number of hydrogen-bond acceptors (Lipinski definition) is 3. The molecule has 1 aromatic rings. The summed E-state index contributed by atoms with van der Waals surface area (Å²) in [7, 11) is 0.435. The van der Waals surface area contributed by atoms with Gasteiger partial charge < -0.3 is 10.2 Å². The molecule has 2 rings (SSSR count). The van der Waals surface area contributed by atoms with Crippen molar-refractivity contribution in [2.75, 3.05) is 39.5 Å². The Hall–Kier alpha value is -1.44. The minimum absolute atomic E-state index is 0.0682. The first kappa shape index (κ1) is 17.9. The molecule has 1 saturated heterocycles. The lowest BCUT2D eigenvalue weighted by molar-refractivity contribution is -0.885. The molecule has 0 saturated carbocycles. The third kappa shape index (κ3) is 5.02. The summed E-state index contributed by atoms with van der Waals surface area (Å²) < 4.78 is 26.3. The second kappa shape index (κ2) is 7.90. The highest BCUT2D eigenvalue weighted by Gasteiger charge is 2.30. The van der Waals surface area contributed by atoms with Crippen LogP contribution in [0.25, 0.3) is 0 Å². The lowest BCUT2D eigenvalue weighted by Gasteiger charge is -2.32. The van der Waals surface area contributed by atoms with Crippen molar-refractivity contribution in [3.8, 4) is 0 Å². The molecule has 1 amide bonds. The number of carbonyl (C=O) groups excluding carboxylic acids is 1. The molecular weight excluding hydrogens is 314 g/mol. The smallest absolute Gasteiger partial charge is 0.251 e. The number of sulfonamides is 1. The highest BCUT2D eigenvalue weighted by molar-refractivity contribution is 7.89. The summed E-state index contributed by atoms with van der Waals surface area (Å²) in [5.41, 5.74) is 0.538. The van der Waals surface area contributed by atoms with Gasteiger partial charge in [-0.15, -0.1) is 0 Å². The first-order chi connectivity index (χ1) is 10.9. The van der Waals surface area contributed by atoms with Crippen LogP contribution in [0.15, 0.2) is 30.3 Å². The second-order valence-corrected chi connectivity index (χ2v) is 8.29. The van der Waals surface area contributed by atoms with Gasteiger partial charge in [0.25, 0.3) is 5.91 Å². The van der Waals surface area contributed by atoms with E-state index in [1.54, 1.807) is 31.3 Å². The molecule has 0 atom stereocenters. The van der Waals surface area contributed by atoms with Crippen LogP contribution in [0.2, 0.25) is 0 Å². The molecular formula is C16H26N3O3S+. The van der Waals surface area contributed by atoms with Crippen LogP contribution in [-0.2, 0) is 10.0 Å². The van der Waals surface area contributed by atoms with Gasteiger partial charge in [-0.25, -0.2) is 12.7 Å². The van der Waals surface area contributed by atoms with Crippen molar-refractivity contribution < 1.29 is 18.1 Å². The summed E-state index contributed by atoms with van der Waals surface area (Å²) >= 11 is 0. The van der Waals surface area contributed by atoms with Crippen LogP contribution in [0.4, 0.5) is 0 Å². The molecule has 7 heteroatoms. The SMILES string of the molecule is CN(C1CC[NH+](C)CC1)S(=O)(=O)CCNC(=O)c1ccccc1. The molecule has 6 nitrogen and oxygen atoms in total. The fraction of sp³-hybridized carbons (Fsp3) is 0.562. The van der Waals surface area contributed by atoms with Gasteiger partial charge in [-0.2, -0.15) is 0 Å². The van der Waals surface area contributed by atoms with Gasteiger partial charge in [-0.1, -0.05) is 18.2 Å². The third-order valence-electron chi connectivity index (χ3n) is 4.44. The zero-order valence-corrected chi connectivity index (χ0v) is 14.6. The zero-order valence-electron chi connectivity index (χ0n) is 13.8. The number of quaternary nitrogens is 1. The average Bonchev–Trinajstić information content (AvgIpc) is 2.55. The molecule has 2 N–H and O–H groups in total. The molecule has 0 aliphatic carbocycles. The van der Waals surface area contributed by atoms with Crippen molar-refractivity contribution in [1.82, 2.24) is 9.62 Å². The first-order valence-electron chi connectivity index (χ1n) is 8.00. The Labute approximate surface area is 138 Å². The molecule has 1 aromatic carbocycles. The van der Waals surface area contributed by atoms with Crippen LogP contribution in [0, 0.1) is 0 Å². The molecule has 0 bridgehead atoms. The molecule has 0 unspecified atom stereocenters. The molecule has 1 fully saturated rings. The number of amides is 1. The summed E-state index contributed by atoms with van der Waals surface area (Å²) in [4.78, 5) is 13.4. The zero-order chi connectivity index (χ0) is 16.9. The van der Waals surface area contributed by atoms with E-state index in [0.29, 0.717) is 5.56 Å². The number of nitrogens with one attached hydrogen (secondary N) is 2. The number of benzene rings is 1. The monoisotopic (exact) mass is 340 g/mol. The fourth-order valence-electron chi connectivity index (χ4n) is 2.82. The molecule has 1 heterocycles. The van der Waals surface area contributed by atoms with Crippen molar-refractivity contribution in [1.29, 1.82) is 0 Å². The van der Waals surface area contributed by atoms with Crippen LogP contribution in [0.1, 0.15) is 23.2 Å². The maximum absolute atomic E-state index is 12.4. The van der Waals surface area contributed by atoms with Crippen LogP contribution in [0.3, 0.4) is 0 Å². The third-order valence-corrected chi connectivity index (χ3v) is 6.34. The maximum Gasteiger partial charge on any atom is 0.251 e. The van der Waals surface area contributed by atoms with Crippen molar-refractivity contribution in [2.24, 2.45) is 0 Å². The molecule has 0 radical (unpaired) electrons. The lowest BCUT2D eigenvalue weighted by atomic mass is 10.1. The first-order valence-corrected chi connectivity index (χ1v) is 9.61. The van der Waals surface area contributed by atoms with Gasteiger partial charge in [-0.3, -0.25) is 4.79 Å². The van der Waals surface area contributed by atoms with E-state index < -0.39 is 10.0 Å². The summed E-state index contributed by atoms with van der Waals surface area (Å²) in [6, 6.07) is 8.88. The number of likely N-dealkylation sites (tertiary alicyclic amines) is 1. The van der Waals surface area contributed by atoms with Gasteiger partial charge in [0.05, 0.1) is 25.9 Å². The number of hydrogen-bond donors (Lipinski definition) is 2. The minimum Gasteiger partial charge on any atom is -0.351 e. The average molecular weight is 340 g/mol. The van der Waals surface area contributed by atoms with Gasteiger partial charge in [0.2, 0.25) is 10.0 Å². The van der Waals surface area contributed by atoms with E-state index in [0.717, 1.165) is 25.9 Å².